The Morgan fingerprint density at radius 1 is 1.20 bits per heavy atom. The number of hydrogen-bond donors (Lipinski definition) is 1. The zero-order valence-corrected chi connectivity index (χ0v) is 11.5. The Bertz CT molecular complexity index is 513. The van der Waals surface area contributed by atoms with Crippen molar-refractivity contribution in [2.24, 2.45) is 0 Å². The van der Waals surface area contributed by atoms with Crippen LogP contribution in [0.2, 0.25) is 0 Å². The molecule has 0 aromatic carbocycles. The second-order valence-corrected chi connectivity index (χ2v) is 5.24. The summed E-state index contributed by atoms with van der Waals surface area (Å²) in [4.78, 5) is 36.6. The molecule has 106 valence electrons. The van der Waals surface area contributed by atoms with Gasteiger partial charge in [0.05, 0.1) is 32.6 Å². The summed E-state index contributed by atoms with van der Waals surface area (Å²) in [5.74, 6) is 0.619. The fraction of sp³-hybridized carbons (Fsp3) is 0.538. The van der Waals surface area contributed by atoms with Crippen LogP contribution in [0.3, 0.4) is 0 Å². The van der Waals surface area contributed by atoms with E-state index in [1.807, 2.05) is 0 Å². The number of hydrogen-bond acceptors (Lipinski definition) is 5. The molecule has 2 aliphatic rings. The first-order valence-corrected chi connectivity index (χ1v) is 6.84. The van der Waals surface area contributed by atoms with Crippen molar-refractivity contribution < 1.29 is 14.5 Å². The van der Waals surface area contributed by atoms with Crippen LogP contribution in [0.5, 0.6) is 0 Å². The number of likely N-dealkylation sites (tertiary alicyclic amines) is 1. The van der Waals surface area contributed by atoms with Crippen LogP contribution >= 0.6 is 0 Å². The molecule has 7 heteroatoms. The van der Waals surface area contributed by atoms with Crippen LogP contribution < -0.4 is 9.80 Å². The summed E-state index contributed by atoms with van der Waals surface area (Å²) >= 11 is 0. The van der Waals surface area contributed by atoms with E-state index in [-0.39, 0.29) is 17.9 Å². The molecule has 7 nitrogen and oxygen atoms in total. The highest BCUT2D eigenvalue weighted by Gasteiger charge is 2.44. The third-order valence-electron chi connectivity index (χ3n) is 4.11. The Kier molecular flexibility index (Phi) is 3.35. The summed E-state index contributed by atoms with van der Waals surface area (Å²) in [6.07, 6.45) is 3.80. The van der Waals surface area contributed by atoms with Crippen molar-refractivity contribution in [1.29, 1.82) is 0 Å². The van der Waals surface area contributed by atoms with Crippen LogP contribution in [0.1, 0.15) is 6.42 Å². The molecule has 3 heterocycles. The molecule has 1 atom stereocenters. The van der Waals surface area contributed by atoms with Gasteiger partial charge in [0.25, 0.3) is 5.91 Å². The molecule has 0 unspecified atom stereocenters. The summed E-state index contributed by atoms with van der Waals surface area (Å²) in [6.45, 7) is 3.27. The van der Waals surface area contributed by atoms with Gasteiger partial charge in [-0.1, -0.05) is 0 Å². The van der Waals surface area contributed by atoms with Gasteiger partial charge >= 0.3 is 0 Å². The molecule has 2 fully saturated rings. The molecular weight excluding hydrogens is 258 g/mol. The molecule has 3 rings (SSSR count). The number of amides is 2. The van der Waals surface area contributed by atoms with Gasteiger partial charge in [0.15, 0.2) is 6.04 Å². The van der Waals surface area contributed by atoms with Crippen LogP contribution in [-0.4, -0.2) is 66.0 Å². The van der Waals surface area contributed by atoms with Crippen LogP contribution in [0.4, 0.5) is 5.95 Å². The number of piperazine rings is 1. The maximum absolute atomic E-state index is 12.0. The minimum absolute atomic E-state index is 0.0468. The number of rotatable bonds is 2. The molecule has 0 saturated carbocycles. The fourth-order valence-electron chi connectivity index (χ4n) is 2.87. The Hall–Kier alpha value is -2.02. The molecule has 2 amide bonds. The lowest BCUT2D eigenvalue weighted by atomic mass is 10.2. The number of nitrogens with zero attached hydrogens (tertiary/aromatic N) is 4. The lowest BCUT2D eigenvalue weighted by Gasteiger charge is -2.34. The van der Waals surface area contributed by atoms with E-state index in [0.29, 0.717) is 6.42 Å². The molecule has 1 aromatic rings. The van der Waals surface area contributed by atoms with Gasteiger partial charge in [0.1, 0.15) is 0 Å². The predicted molar refractivity (Wildman–Crippen MR) is 71.1 cm³/mol. The van der Waals surface area contributed by atoms with E-state index in [9.17, 15) is 9.59 Å². The summed E-state index contributed by atoms with van der Waals surface area (Å²) in [7, 11) is 1.57. The number of imide groups is 1. The number of likely N-dealkylation sites (N-methyl/N-ethyl adjacent to an activating group) is 1. The monoisotopic (exact) mass is 276 g/mol. The first-order valence-electron chi connectivity index (χ1n) is 6.84. The van der Waals surface area contributed by atoms with Crippen molar-refractivity contribution in [1.82, 2.24) is 14.9 Å². The molecule has 0 bridgehead atoms. The Labute approximate surface area is 117 Å². The highest BCUT2D eigenvalue weighted by Crippen LogP contribution is 2.09. The summed E-state index contributed by atoms with van der Waals surface area (Å²) < 4.78 is 0. The molecular formula is C13H18N5O2+. The van der Waals surface area contributed by atoms with Crippen LogP contribution in [-0.2, 0) is 9.59 Å². The minimum atomic E-state index is -0.202. The molecule has 0 radical (unpaired) electrons. The summed E-state index contributed by atoms with van der Waals surface area (Å²) in [6, 6.07) is 1.59. The van der Waals surface area contributed by atoms with Gasteiger partial charge in [-0.05, 0) is 6.07 Å². The van der Waals surface area contributed by atoms with E-state index < -0.39 is 0 Å². The smallest absolute Gasteiger partial charge is 0.287 e. The normalized spacial score (nSPS) is 24.6. The Balaban J connectivity index is 1.62. The van der Waals surface area contributed by atoms with E-state index in [1.165, 1.54) is 9.80 Å². The highest BCUT2D eigenvalue weighted by molar-refractivity contribution is 6.04. The SMILES string of the molecule is CN1C(=O)C[C@@H]([NH+]2CCN(c3ncccn3)CC2)C1=O. The fourth-order valence-corrected chi connectivity index (χ4v) is 2.87. The Morgan fingerprint density at radius 3 is 2.40 bits per heavy atom. The molecule has 0 aliphatic carbocycles. The van der Waals surface area contributed by atoms with Crippen molar-refractivity contribution in [2.45, 2.75) is 12.5 Å². The number of carbonyl (C=O) groups excluding carboxylic acids is 2. The maximum Gasteiger partial charge on any atom is 0.287 e. The van der Waals surface area contributed by atoms with Gasteiger partial charge in [0.2, 0.25) is 11.9 Å². The van der Waals surface area contributed by atoms with Crippen LogP contribution in [0, 0.1) is 0 Å². The van der Waals surface area contributed by atoms with Gasteiger partial charge in [-0.2, -0.15) is 0 Å². The van der Waals surface area contributed by atoms with E-state index in [4.69, 9.17) is 0 Å². The molecule has 0 spiro atoms. The van der Waals surface area contributed by atoms with Crippen molar-refractivity contribution in [3.8, 4) is 0 Å². The van der Waals surface area contributed by atoms with E-state index in [2.05, 4.69) is 14.9 Å². The van der Waals surface area contributed by atoms with Crippen LogP contribution in [0.15, 0.2) is 18.5 Å². The zero-order valence-electron chi connectivity index (χ0n) is 11.5. The molecule has 1 aromatic heterocycles. The van der Waals surface area contributed by atoms with E-state index in [1.54, 1.807) is 25.5 Å². The van der Waals surface area contributed by atoms with Gasteiger partial charge in [-0.3, -0.25) is 14.5 Å². The first kappa shape index (κ1) is 13.0. The predicted octanol–water partition coefficient (Wildman–Crippen LogP) is -2.06. The molecule has 2 saturated heterocycles. The topological polar surface area (TPSA) is 70.8 Å². The quantitative estimate of drug-likeness (QED) is 0.629. The van der Waals surface area contributed by atoms with Crippen molar-refractivity contribution in [3.05, 3.63) is 18.5 Å². The van der Waals surface area contributed by atoms with Crippen molar-refractivity contribution >= 4 is 17.8 Å². The number of quaternary nitrogens is 1. The third kappa shape index (κ3) is 2.24. The van der Waals surface area contributed by atoms with Crippen LogP contribution in [0.25, 0.3) is 0 Å². The number of aromatic nitrogens is 2. The zero-order chi connectivity index (χ0) is 14.1. The lowest BCUT2D eigenvalue weighted by Crippen LogP contribution is -3.19. The van der Waals surface area contributed by atoms with Gasteiger partial charge in [-0.15, -0.1) is 0 Å². The van der Waals surface area contributed by atoms with E-state index >= 15 is 0 Å². The molecule has 2 aliphatic heterocycles. The van der Waals surface area contributed by atoms with Gasteiger partial charge < -0.3 is 9.80 Å². The Morgan fingerprint density at radius 2 is 1.85 bits per heavy atom. The summed E-state index contributed by atoms with van der Waals surface area (Å²) in [5.41, 5.74) is 0. The average Bonchev–Trinajstić information content (AvgIpc) is 2.76. The van der Waals surface area contributed by atoms with Crippen molar-refractivity contribution in [3.63, 3.8) is 0 Å². The van der Waals surface area contributed by atoms with E-state index in [0.717, 1.165) is 32.1 Å². The summed E-state index contributed by atoms with van der Waals surface area (Å²) in [5, 5.41) is 0. The number of carbonyl (C=O) groups is 2. The minimum Gasteiger partial charge on any atom is -0.330 e. The van der Waals surface area contributed by atoms with Gasteiger partial charge in [-0.25, -0.2) is 9.97 Å². The first-order chi connectivity index (χ1) is 9.66. The number of nitrogens with one attached hydrogen (secondary N) is 1. The average molecular weight is 276 g/mol. The second-order valence-electron chi connectivity index (χ2n) is 5.24. The third-order valence-corrected chi connectivity index (χ3v) is 4.11. The highest BCUT2D eigenvalue weighted by atomic mass is 16.2. The largest absolute Gasteiger partial charge is 0.330 e. The van der Waals surface area contributed by atoms with Crippen molar-refractivity contribution in [2.75, 3.05) is 38.1 Å². The lowest BCUT2D eigenvalue weighted by molar-refractivity contribution is -0.915. The molecule has 1 N–H and O–H groups in total. The maximum atomic E-state index is 12.0. The molecule has 20 heavy (non-hydrogen) atoms. The number of anilines is 1. The second kappa shape index (κ2) is 5.16. The van der Waals surface area contributed by atoms with Gasteiger partial charge in [0, 0.05) is 19.4 Å². The standard InChI is InChI=1S/C13H17N5O2/c1-16-11(19)9-10(12(16)20)17-5-7-18(8-6-17)13-14-3-2-4-15-13/h2-4,10H,5-9H2,1H3/p+1/t10-/m1/s1.